The molecule has 0 radical (unpaired) electrons. The number of ether oxygens (including phenoxy) is 1. The van der Waals surface area contributed by atoms with Gasteiger partial charge >= 0.3 is 5.97 Å². The fourth-order valence-corrected chi connectivity index (χ4v) is 3.33. The summed E-state index contributed by atoms with van der Waals surface area (Å²) >= 11 is 0. The summed E-state index contributed by atoms with van der Waals surface area (Å²) in [6.07, 6.45) is 10.6. The fraction of sp³-hybridized carbons (Fsp3) is 0.933. The maximum absolute atomic E-state index is 10.4. The Morgan fingerprint density at radius 1 is 1.11 bits per heavy atom. The summed E-state index contributed by atoms with van der Waals surface area (Å²) in [5.74, 6) is 0.0921. The number of nitrogens with zero attached hydrogens (tertiary/aromatic N) is 1. The van der Waals surface area contributed by atoms with Crippen LogP contribution >= 0.6 is 0 Å². The molecule has 0 amide bonds. The highest BCUT2D eigenvalue weighted by Gasteiger charge is 2.21. The average Bonchev–Trinajstić information content (AvgIpc) is 2.45. The molecule has 0 atom stereocenters. The molecular weight excluding hydrogens is 242 g/mol. The zero-order valence-corrected chi connectivity index (χ0v) is 11.9. The summed E-state index contributed by atoms with van der Waals surface area (Å²) in [7, 11) is 0. The Kier molecular flexibility index (Phi) is 6.11. The Bertz CT molecular complexity index is 269. The van der Waals surface area contributed by atoms with Gasteiger partial charge in [-0.2, -0.15) is 0 Å². The van der Waals surface area contributed by atoms with Crippen LogP contribution in [0.4, 0.5) is 0 Å². The van der Waals surface area contributed by atoms with E-state index in [1.807, 2.05) is 0 Å². The van der Waals surface area contributed by atoms with Crippen LogP contribution in [-0.2, 0) is 9.53 Å². The molecule has 0 aromatic heterocycles. The predicted molar refractivity (Wildman–Crippen MR) is 74.2 cm³/mol. The Morgan fingerprint density at radius 2 is 1.79 bits per heavy atom. The molecule has 2 rings (SSSR count). The Hall–Kier alpha value is -0.610. The third kappa shape index (κ3) is 5.49. The molecule has 0 bridgehead atoms. The summed E-state index contributed by atoms with van der Waals surface area (Å²) in [5, 5.41) is 8.59. The van der Waals surface area contributed by atoms with Gasteiger partial charge in [-0.05, 0) is 31.7 Å². The van der Waals surface area contributed by atoms with E-state index in [9.17, 15) is 4.79 Å². The van der Waals surface area contributed by atoms with Gasteiger partial charge in [0.05, 0.1) is 6.10 Å². The van der Waals surface area contributed by atoms with E-state index in [0.717, 1.165) is 31.8 Å². The van der Waals surface area contributed by atoms with Crippen LogP contribution in [0.15, 0.2) is 0 Å². The molecule has 1 N–H and O–H groups in total. The molecule has 1 aliphatic heterocycles. The van der Waals surface area contributed by atoms with Crippen molar-refractivity contribution >= 4 is 5.97 Å². The second kappa shape index (κ2) is 7.85. The molecule has 2 fully saturated rings. The van der Waals surface area contributed by atoms with Crippen molar-refractivity contribution < 1.29 is 14.6 Å². The third-order valence-corrected chi connectivity index (χ3v) is 4.56. The Balaban J connectivity index is 1.56. The number of hydrogen-bond donors (Lipinski definition) is 1. The summed E-state index contributed by atoms with van der Waals surface area (Å²) in [4.78, 5) is 13.0. The first kappa shape index (κ1) is 14.8. The third-order valence-electron chi connectivity index (χ3n) is 4.56. The molecule has 110 valence electrons. The number of rotatable bonds is 6. The van der Waals surface area contributed by atoms with E-state index in [2.05, 4.69) is 4.90 Å². The van der Waals surface area contributed by atoms with Crippen molar-refractivity contribution in [1.29, 1.82) is 0 Å². The molecule has 1 saturated heterocycles. The average molecular weight is 269 g/mol. The SMILES string of the molecule is O=C(O)COC1CCN(CCC2CCCCC2)CC1. The normalized spacial score (nSPS) is 23.6. The van der Waals surface area contributed by atoms with Crippen molar-refractivity contribution in [3.05, 3.63) is 0 Å². The van der Waals surface area contributed by atoms with Crippen molar-refractivity contribution in [3.8, 4) is 0 Å². The maximum Gasteiger partial charge on any atom is 0.329 e. The Morgan fingerprint density at radius 3 is 2.42 bits per heavy atom. The van der Waals surface area contributed by atoms with Crippen molar-refractivity contribution in [3.63, 3.8) is 0 Å². The largest absolute Gasteiger partial charge is 0.480 e. The number of carbonyl (C=O) groups is 1. The van der Waals surface area contributed by atoms with Gasteiger partial charge in [0.1, 0.15) is 6.61 Å². The van der Waals surface area contributed by atoms with Gasteiger partial charge in [0, 0.05) is 13.1 Å². The van der Waals surface area contributed by atoms with Crippen LogP contribution in [0.25, 0.3) is 0 Å². The van der Waals surface area contributed by atoms with E-state index >= 15 is 0 Å². The van der Waals surface area contributed by atoms with Crippen LogP contribution in [0.3, 0.4) is 0 Å². The van der Waals surface area contributed by atoms with Gasteiger partial charge in [0.2, 0.25) is 0 Å². The monoisotopic (exact) mass is 269 g/mol. The minimum Gasteiger partial charge on any atom is -0.480 e. The van der Waals surface area contributed by atoms with Crippen LogP contribution in [0, 0.1) is 5.92 Å². The molecule has 1 heterocycles. The van der Waals surface area contributed by atoms with E-state index in [0.29, 0.717) is 0 Å². The van der Waals surface area contributed by atoms with Crippen molar-refractivity contribution in [2.45, 2.75) is 57.5 Å². The molecular formula is C15H27NO3. The van der Waals surface area contributed by atoms with Gasteiger partial charge in [-0.3, -0.25) is 0 Å². The molecule has 4 heteroatoms. The second-order valence-corrected chi connectivity index (χ2v) is 6.04. The number of piperidine rings is 1. The molecule has 0 aromatic rings. The predicted octanol–water partition coefficient (Wildman–Crippen LogP) is 2.52. The molecule has 4 nitrogen and oxygen atoms in total. The second-order valence-electron chi connectivity index (χ2n) is 6.04. The van der Waals surface area contributed by atoms with Crippen LogP contribution < -0.4 is 0 Å². The highest BCUT2D eigenvalue weighted by Crippen LogP contribution is 2.26. The molecule has 0 unspecified atom stereocenters. The van der Waals surface area contributed by atoms with Crippen LogP contribution in [-0.4, -0.2) is 48.3 Å². The Labute approximate surface area is 116 Å². The number of carboxylic acids is 1. The summed E-state index contributed by atoms with van der Waals surface area (Å²) < 4.78 is 5.36. The summed E-state index contributed by atoms with van der Waals surface area (Å²) in [6.45, 7) is 3.21. The fourth-order valence-electron chi connectivity index (χ4n) is 3.33. The number of aliphatic carboxylic acids is 1. The van der Waals surface area contributed by atoms with E-state index < -0.39 is 5.97 Å². The minimum absolute atomic E-state index is 0.146. The molecule has 19 heavy (non-hydrogen) atoms. The highest BCUT2D eigenvalue weighted by molar-refractivity contribution is 5.68. The molecule has 2 aliphatic rings. The topological polar surface area (TPSA) is 49.8 Å². The zero-order valence-electron chi connectivity index (χ0n) is 11.9. The van der Waals surface area contributed by atoms with Crippen molar-refractivity contribution in [2.24, 2.45) is 5.92 Å². The molecule has 0 aromatic carbocycles. The molecule has 0 spiro atoms. The lowest BCUT2D eigenvalue weighted by atomic mass is 9.87. The standard InChI is InChI=1S/C15H27NO3/c17-15(18)12-19-14-7-10-16(11-8-14)9-6-13-4-2-1-3-5-13/h13-14H,1-12H2,(H,17,18). The van der Waals surface area contributed by atoms with E-state index in [1.54, 1.807) is 0 Å². The quantitative estimate of drug-likeness (QED) is 0.805. The summed E-state index contributed by atoms with van der Waals surface area (Å²) in [6, 6.07) is 0. The van der Waals surface area contributed by atoms with E-state index in [1.165, 1.54) is 45.1 Å². The van der Waals surface area contributed by atoms with E-state index in [4.69, 9.17) is 9.84 Å². The minimum atomic E-state index is -0.861. The van der Waals surface area contributed by atoms with Gasteiger partial charge < -0.3 is 14.7 Å². The van der Waals surface area contributed by atoms with Gasteiger partial charge in [0.15, 0.2) is 0 Å². The van der Waals surface area contributed by atoms with Crippen LogP contribution in [0.2, 0.25) is 0 Å². The lowest BCUT2D eigenvalue weighted by Gasteiger charge is -2.33. The highest BCUT2D eigenvalue weighted by atomic mass is 16.5. The molecule has 1 saturated carbocycles. The lowest BCUT2D eigenvalue weighted by molar-refractivity contribution is -0.145. The van der Waals surface area contributed by atoms with Gasteiger partial charge in [-0.15, -0.1) is 0 Å². The van der Waals surface area contributed by atoms with Gasteiger partial charge in [-0.25, -0.2) is 4.79 Å². The number of likely N-dealkylation sites (tertiary alicyclic amines) is 1. The van der Waals surface area contributed by atoms with Crippen molar-refractivity contribution in [1.82, 2.24) is 4.90 Å². The maximum atomic E-state index is 10.4. The number of carboxylic acid groups (broad SMARTS) is 1. The van der Waals surface area contributed by atoms with E-state index in [-0.39, 0.29) is 12.7 Å². The smallest absolute Gasteiger partial charge is 0.329 e. The first-order valence-electron chi connectivity index (χ1n) is 7.80. The first-order chi connectivity index (χ1) is 9.24. The lowest BCUT2D eigenvalue weighted by Crippen LogP contribution is -2.38. The zero-order chi connectivity index (χ0) is 13.5. The van der Waals surface area contributed by atoms with Crippen LogP contribution in [0.1, 0.15) is 51.4 Å². The number of hydrogen-bond acceptors (Lipinski definition) is 3. The van der Waals surface area contributed by atoms with Gasteiger partial charge in [-0.1, -0.05) is 32.1 Å². The van der Waals surface area contributed by atoms with Crippen molar-refractivity contribution in [2.75, 3.05) is 26.2 Å². The summed E-state index contributed by atoms with van der Waals surface area (Å²) in [5.41, 5.74) is 0. The van der Waals surface area contributed by atoms with Gasteiger partial charge in [0.25, 0.3) is 0 Å². The van der Waals surface area contributed by atoms with Crippen LogP contribution in [0.5, 0.6) is 0 Å². The first-order valence-corrected chi connectivity index (χ1v) is 7.80. The molecule has 1 aliphatic carbocycles.